The minimum Gasteiger partial charge on any atom is -0.328 e. The third-order valence-corrected chi connectivity index (χ3v) is 4.56. The maximum absolute atomic E-state index is 13.7. The van der Waals surface area contributed by atoms with Gasteiger partial charge in [0.2, 0.25) is 0 Å². The number of halogens is 3. The van der Waals surface area contributed by atoms with Crippen LogP contribution in [0.25, 0.3) is 11.0 Å². The monoisotopic (exact) mass is 314 g/mol. The molecule has 2 nitrogen and oxygen atoms in total. The Labute approximate surface area is 127 Å². The van der Waals surface area contributed by atoms with E-state index in [1.54, 1.807) is 6.07 Å². The summed E-state index contributed by atoms with van der Waals surface area (Å²) in [6.45, 7) is 3.12. The Morgan fingerprint density at radius 1 is 1.45 bits per heavy atom. The van der Waals surface area contributed by atoms with Crippen molar-refractivity contribution in [1.29, 1.82) is 0 Å². The van der Waals surface area contributed by atoms with Gasteiger partial charge in [-0.15, -0.1) is 11.6 Å². The predicted molar refractivity (Wildman–Crippen MR) is 81.0 cm³/mol. The number of imidazole rings is 1. The quantitative estimate of drug-likeness (QED) is 0.734. The molecule has 0 N–H and O–H groups in total. The number of rotatable bonds is 5. The second-order valence-corrected chi connectivity index (χ2v) is 6.43. The van der Waals surface area contributed by atoms with Crippen LogP contribution in [0, 0.1) is 17.7 Å². The molecule has 1 aromatic carbocycles. The van der Waals surface area contributed by atoms with Crippen LogP contribution in [0.4, 0.5) is 4.39 Å². The van der Waals surface area contributed by atoms with Gasteiger partial charge in [-0.05, 0) is 30.7 Å². The van der Waals surface area contributed by atoms with Crippen molar-refractivity contribution in [2.45, 2.75) is 32.7 Å². The van der Waals surface area contributed by atoms with Gasteiger partial charge in [-0.2, -0.15) is 0 Å². The number of hydrogen-bond donors (Lipinski definition) is 0. The Hall–Kier alpha value is -0.800. The zero-order valence-electron chi connectivity index (χ0n) is 11.4. The van der Waals surface area contributed by atoms with Crippen LogP contribution in [-0.2, 0) is 13.0 Å². The van der Waals surface area contributed by atoms with Gasteiger partial charge in [-0.25, -0.2) is 9.37 Å². The first-order chi connectivity index (χ1) is 9.60. The van der Waals surface area contributed by atoms with Gasteiger partial charge in [0.1, 0.15) is 11.6 Å². The Morgan fingerprint density at radius 3 is 2.85 bits per heavy atom. The molecule has 20 heavy (non-hydrogen) atoms. The van der Waals surface area contributed by atoms with E-state index in [2.05, 4.69) is 16.5 Å². The summed E-state index contributed by atoms with van der Waals surface area (Å²) in [6.07, 6.45) is 3.30. The number of nitrogens with zero attached hydrogens (tertiary/aromatic N) is 2. The predicted octanol–water partition coefficient (Wildman–Crippen LogP) is 4.66. The molecule has 0 amide bonds. The molecule has 5 heteroatoms. The maximum Gasteiger partial charge on any atom is 0.144 e. The third-order valence-electron chi connectivity index (χ3n) is 4.08. The van der Waals surface area contributed by atoms with Gasteiger partial charge in [0.25, 0.3) is 0 Å². The van der Waals surface area contributed by atoms with Crippen LogP contribution < -0.4 is 0 Å². The summed E-state index contributed by atoms with van der Waals surface area (Å²) in [6, 6.07) is 3.09. The molecule has 1 saturated carbocycles. The van der Waals surface area contributed by atoms with Crippen LogP contribution in [0.2, 0.25) is 5.02 Å². The molecular weight excluding hydrogens is 298 g/mol. The molecule has 1 heterocycles. The van der Waals surface area contributed by atoms with Crippen LogP contribution in [0.15, 0.2) is 12.1 Å². The molecule has 1 unspecified atom stereocenters. The second-order valence-electron chi connectivity index (χ2n) is 5.65. The number of hydrogen-bond acceptors (Lipinski definition) is 1. The van der Waals surface area contributed by atoms with Crippen molar-refractivity contribution in [3.63, 3.8) is 0 Å². The van der Waals surface area contributed by atoms with Gasteiger partial charge in [-0.3, -0.25) is 0 Å². The van der Waals surface area contributed by atoms with Gasteiger partial charge in [0, 0.05) is 24.9 Å². The van der Waals surface area contributed by atoms with Crippen molar-refractivity contribution < 1.29 is 4.39 Å². The molecule has 0 radical (unpaired) electrons. The van der Waals surface area contributed by atoms with E-state index < -0.39 is 5.82 Å². The molecule has 1 aliphatic rings. The molecule has 0 saturated heterocycles. The molecule has 0 spiro atoms. The standard InChI is InChI=1S/C15H17Cl2FN2/c1-9(10-2-3-10)8-20-14-7-12(18)11(17)6-13(14)19-15(20)4-5-16/h6-7,9-10H,2-5,8H2,1H3. The summed E-state index contributed by atoms with van der Waals surface area (Å²) in [7, 11) is 0. The topological polar surface area (TPSA) is 17.8 Å². The Balaban J connectivity index is 2.04. The lowest BCUT2D eigenvalue weighted by Gasteiger charge is -2.14. The Kier molecular flexibility index (Phi) is 3.91. The van der Waals surface area contributed by atoms with Crippen molar-refractivity contribution in [2.75, 3.05) is 5.88 Å². The van der Waals surface area contributed by atoms with E-state index in [-0.39, 0.29) is 5.02 Å². The third kappa shape index (κ3) is 2.66. The first-order valence-corrected chi connectivity index (χ1v) is 7.91. The molecule has 2 aromatic rings. The smallest absolute Gasteiger partial charge is 0.144 e. The number of benzene rings is 1. The largest absolute Gasteiger partial charge is 0.328 e. The van der Waals surface area contributed by atoms with Gasteiger partial charge < -0.3 is 4.57 Å². The molecule has 3 rings (SSSR count). The fourth-order valence-electron chi connectivity index (χ4n) is 2.75. The molecule has 108 valence electrons. The van der Waals surface area contributed by atoms with E-state index in [9.17, 15) is 4.39 Å². The van der Waals surface area contributed by atoms with E-state index in [4.69, 9.17) is 23.2 Å². The lowest BCUT2D eigenvalue weighted by atomic mass is 10.1. The van der Waals surface area contributed by atoms with Crippen LogP contribution in [0.1, 0.15) is 25.6 Å². The molecule has 0 aliphatic heterocycles. The van der Waals surface area contributed by atoms with E-state index in [0.29, 0.717) is 18.2 Å². The van der Waals surface area contributed by atoms with Crippen molar-refractivity contribution >= 4 is 34.2 Å². The Morgan fingerprint density at radius 2 is 2.20 bits per heavy atom. The summed E-state index contributed by atoms with van der Waals surface area (Å²) in [5, 5.41) is 0.120. The number of aromatic nitrogens is 2. The summed E-state index contributed by atoms with van der Waals surface area (Å²) in [5.74, 6) is 2.42. The lowest BCUT2D eigenvalue weighted by molar-refractivity contribution is 0.429. The molecular formula is C15H17Cl2FN2. The first-order valence-electron chi connectivity index (χ1n) is 7.00. The van der Waals surface area contributed by atoms with Crippen molar-refractivity contribution in [1.82, 2.24) is 9.55 Å². The zero-order chi connectivity index (χ0) is 14.3. The highest BCUT2D eigenvalue weighted by Crippen LogP contribution is 2.38. The Bertz CT molecular complexity index is 634. The SMILES string of the molecule is CC(Cn1c(CCCl)nc2cc(Cl)c(F)cc21)C1CC1. The van der Waals surface area contributed by atoms with E-state index in [0.717, 1.165) is 29.3 Å². The zero-order valence-corrected chi connectivity index (χ0v) is 12.9. The van der Waals surface area contributed by atoms with E-state index in [1.807, 2.05) is 0 Å². The fourth-order valence-corrected chi connectivity index (χ4v) is 3.08. The average Bonchev–Trinajstić information content (AvgIpc) is 3.20. The van der Waals surface area contributed by atoms with Crippen molar-refractivity contribution in [3.8, 4) is 0 Å². The highest BCUT2D eigenvalue weighted by Gasteiger charge is 2.29. The highest BCUT2D eigenvalue weighted by atomic mass is 35.5. The summed E-state index contributed by atoms with van der Waals surface area (Å²) < 4.78 is 15.8. The van der Waals surface area contributed by atoms with Gasteiger partial charge in [0.15, 0.2) is 0 Å². The fraction of sp³-hybridized carbons (Fsp3) is 0.533. The van der Waals surface area contributed by atoms with E-state index in [1.165, 1.54) is 18.9 Å². The second kappa shape index (κ2) is 5.53. The summed E-state index contributed by atoms with van der Waals surface area (Å²) in [4.78, 5) is 4.56. The number of aryl methyl sites for hydroxylation is 1. The van der Waals surface area contributed by atoms with Crippen LogP contribution >= 0.6 is 23.2 Å². The van der Waals surface area contributed by atoms with E-state index >= 15 is 0 Å². The molecule has 1 fully saturated rings. The van der Waals surface area contributed by atoms with Crippen molar-refractivity contribution in [3.05, 3.63) is 28.8 Å². The normalized spacial score (nSPS) is 16.8. The minimum absolute atomic E-state index is 0.120. The number of fused-ring (bicyclic) bond motifs is 1. The summed E-state index contributed by atoms with van der Waals surface area (Å²) >= 11 is 11.7. The van der Waals surface area contributed by atoms with Crippen LogP contribution in [0.3, 0.4) is 0 Å². The molecule has 0 bridgehead atoms. The summed E-state index contributed by atoms with van der Waals surface area (Å²) in [5.41, 5.74) is 1.57. The van der Waals surface area contributed by atoms with Crippen LogP contribution in [-0.4, -0.2) is 15.4 Å². The van der Waals surface area contributed by atoms with Crippen LogP contribution in [0.5, 0.6) is 0 Å². The van der Waals surface area contributed by atoms with Gasteiger partial charge >= 0.3 is 0 Å². The average molecular weight is 315 g/mol. The molecule has 1 aromatic heterocycles. The number of alkyl halides is 1. The minimum atomic E-state index is -0.392. The van der Waals surface area contributed by atoms with Crippen molar-refractivity contribution in [2.24, 2.45) is 11.8 Å². The maximum atomic E-state index is 13.7. The first kappa shape index (κ1) is 14.2. The van der Waals surface area contributed by atoms with Gasteiger partial charge in [-0.1, -0.05) is 18.5 Å². The van der Waals surface area contributed by atoms with Gasteiger partial charge in [0.05, 0.1) is 16.1 Å². The highest BCUT2D eigenvalue weighted by molar-refractivity contribution is 6.31. The molecule has 1 atom stereocenters. The lowest BCUT2D eigenvalue weighted by Crippen LogP contribution is -2.12. The molecule has 1 aliphatic carbocycles.